The maximum atomic E-state index is 12.4. The molecule has 0 aliphatic carbocycles. The zero-order valence-electron chi connectivity index (χ0n) is 12.1. The van der Waals surface area contributed by atoms with Gasteiger partial charge in [0.05, 0.1) is 0 Å². The van der Waals surface area contributed by atoms with Crippen LogP contribution in [0.25, 0.3) is 0 Å². The molecule has 2 aliphatic rings. The van der Waals surface area contributed by atoms with Crippen LogP contribution in [0.3, 0.4) is 0 Å². The number of carbonyl (C=O) groups is 1. The van der Waals surface area contributed by atoms with Crippen LogP contribution in [0.5, 0.6) is 11.5 Å². The summed E-state index contributed by atoms with van der Waals surface area (Å²) in [7, 11) is 0. The fourth-order valence-electron chi connectivity index (χ4n) is 2.94. The Hall–Kier alpha value is -2.50. The van der Waals surface area contributed by atoms with Gasteiger partial charge in [-0.3, -0.25) is 4.79 Å². The Balaban J connectivity index is 1.46. The van der Waals surface area contributed by atoms with Gasteiger partial charge in [-0.05, 0) is 24.6 Å². The van der Waals surface area contributed by atoms with Gasteiger partial charge in [0.2, 0.25) is 0 Å². The minimum absolute atomic E-state index is 0.0782. The van der Waals surface area contributed by atoms with E-state index >= 15 is 0 Å². The largest absolute Gasteiger partial charge is 0.486 e. The highest BCUT2D eigenvalue weighted by atomic mass is 16.6. The molecule has 0 unspecified atom stereocenters. The Bertz CT molecular complexity index is 710. The lowest BCUT2D eigenvalue weighted by Crippen LogP contribution is -2.40. The summed E-state index contributed by atoms with van der Waals surface area (Å²) in [4.78, 5) is 16.7. The molecule has 0 radical (unpaired) electrons. The Morgan fingerprint density at radius 1 is 1.27 bits per heavy atom. The van der Waals surface area contributed by atoms with E-state index in [1.165, 1.54) is 0 Å². The molecule has 0 saturated heterocycles. The third-order valence-electron chi connectivity index (χ3n) is 4.07. The summed E-state index contributed by atoms with van der Waals surface area (Å²) in [5.41, 5.74) is 0.598. The van der Waals surface area contributed by atoms with E-state index in [0.717, 1.165) is 25.2 Å². The lowest BCUT2D eigenvalue weighted by Gasteiger charge is -2.25. The third-order valence-corrected chi connectivity index (χ3v) is 4.07. The molecule has 3 heterocycles. The minimum Gasteiger partial charge on any atom is -0.486 e. The van der Waals surface area contributed by atoms with Crippen molar-refractivity contribution in [2.24, 2.45) is 0 Å². The molecular formula is C16H17N3O3. The fourth-order valence-corrected chi connectivity index (χ4v) is 2.94. The first-order chi connectivity index (χ1) is 10.8. The van der Waals surface area contributed by atoms with E-state index in [2.05, 4.69) is 14.9 Å². The molecule has 1 aromatic carbocycles. The number of aryl methyl sites for hydroxylation is 1. The highest BCUT2D eigenvalue weighted by Gasteiger charge is 2.22. The van der Waals surface area contributed by atoms with Gasteiger partial charge in [0, 0.05) is 37.0 Å². The van der Waals surface area contributed by atoms with E-state index in [9.17, 15) is 4.79 Å². The van der Waals surface area contributed by atoms with Crippen LogP contribution in [-0.2, 0) is 13.0 Å². The van der Waals surface area contributed by atoms with Gasteiger partial charge in [-0.1, -0.05) is 0 Å². The number of hydrogen-bond donors (Lipinski definition) is 1. The number of aromatic nitrogens is 2. The zero-order chi connectivity index (χ0) is 14.9. The number of amides is 1. The minimum atomic E-state index is -0.0782. The molecule has 6 nitrogen and oxygen atoms in total. The number of imidazole rings is 1. The number of carbonyl (C=O) groups excluding carboxylic acids is 1. The Morgan fingerprint density at radius 3 is 3.05 bits per heavy atom. The summed E-state index contributed by atoms with van der Waals surface area (Å²) in [5, 5.41) is 3.09. The number of hydrogen-bond acceptors (Lipinski definition) is 4. The van der Waals surface area contributed by atoms with Crippen molar-refractivity contribution in [1.82, 2.24) is 14.9 Å². The van der Waals surface area contributed by atoms with Crippen LogP contribution < -0.4 is 14.8 Å². The van der Waals surface area contributed by atoms with Crippen LogP contribution >= 0.6 is 0 Å². The molecule has 0 spiro atoms. The lowest BCUT2D eigenvalue weighted by molar-refractivity contribution is 0.0926. The summed E-state index contributed by atoms with van der Waals surface area (Å²) in [5.74, 6) is 2.35. The molecule has 6 heteroatoms. The first-order valence-corrected chi connectivity index (χ1v) is 7.50. The summed E-state index contributed by atoms with van der Waals surface area (Å²) >= 11 is 0. The van der Waals surface area contributed by atoms with E-state index in [4.69, 9.17) is 9.47 Å². The molecule has 1 N–H and O–H groups in total. The third kappa shape index (κ3) is 2.41. The number of nitrogens with zero attached hydrogens (tertiary/aromatic N) is 2. The number of ether oxygens (including phenoxy) is 2. The predicted octanol–water partition coefficient (Wildman–Crippen LogP) is 1.40. The van der Waals surface area contributed by atoms with Crippen LogP contribution in [0.2, 0.25) is 0 Å². The van der Waals surface area contributed by atoms with Gasteiger partial charge in [0.1, 0.15) is 19.0 Å². The average molecular weight is 299 g/mol. The summed E-state index contributed by atoms with van der Waals surface area (Å²) < 4.78 is 13.1. The second kappa shape index (κ2) is 5.36. The van der Waals surface area contributed by atoms with Gasteiger partial charge in [-0.2, -0.15) is 0 Å². The molecule has 2 aliphatic heterocycles. The molecular weight excluding hydrogens is 282 g/mol. The standard InChI is InChI=1S/C16H17N3O3/c20-16(11-1-3-13-14(9-11)22-8-7-21-13)18-12-2-4-15-17-5-6-19(15)10-12/h1,3,5-6,9,12H,2,4,7-8,10H2,(H,18,20)/t12-/m0/s1. The van der Waals surface area contributed by atoms with Crippen LogP contribution in [0.15, 0.2) is 30.6 Å². The first kappa shape index (κ1) is 13.2. The van der Waals surface area contributed by atoms with Gasteiger partial charge < -0.3 is 19.4 Å². The smallest absolute Gasteiger partial charge is 0.251 e. The van der Waals surface area contributed by atoms with Gasteiger partial charge in [0.25, 0.3) is 5.91 Å². The van der Waals surface area contributed by atoms with Crippen molar-refractivity contribution >= 4 is 5.91 Å². The Kier molecular flexibility index (Phi) is 3.21. The van der Waals surface area contributed by atoms with Gasteiger partial charge in [-0.15, -0.1) is 0 Å². The van der Waals surface area contributed by atoms with E-state index in [0.29, 0.717) is 30.3 Å². The molecule has 0 saturated carbocycles. The van der Waals surface area contributed by atoms with E-state index in [1.54, 1.807) is 24.4 Å². The summed E-state index contributed by atoms with van der Waals surface area (Å²) in [6.45, 7) is 1.84. The molecule has 1 atom stereocenters. The number of benzene rings is 1. The Morgan fingerprint density at radius 2 is 2.14 bits per heavy atom. The van der Waals surface area contributed by atoms with Gasteiger partial charge in [0.15, 0.2) is 11.5 Å². The van der Waals surface area contributed by atoms with E-state index in [-0.39, 0.29) is 11.9 Å². The van der Waals surface area contributed by atoms with Crippen LogP contribution in [-0.4, -0.2) is 34.7 Å². The molecule has 2 aromatic rings. The second-order valence-electron chi connectivity index (χ2n) is 5.56. The second-order valence-corrected chi connectivity index (χ2v) is 5.56. The molecule has 114 valence electrons. The molecule has 22 heavy (non-hydrogen) atoms. The average Bonchev–Trinajstić information content (AvgIpc) is 3.02. The van der Waals surface area contributed by atoms with Gasteiger partial charge >= 0.3 is 0 Å². The number of nitrogens with one attached hydrogen (secondary N) is 1. The van der Waals surface area contributed by atoms with Crippen molar-refractivity contribution in [2.45, 2.75) is 25.4 Å². The Labute approximate surface area is 128 Å². The van der Waals surface area contributed by atoms with Crippen LogP contribution in [0.4, 0.5) is 0 Å². The zero-order valence-corrected chi connectivity index (χ0v) is 12.1. The van der Waals surface area contributed by atoms with Crippen molar-refractivity contribution in [3.8, 4) is 11.5 Å². The van der Waals surface area contributed by atoms with Crippen molar-refractivity contribution in [3.05, 3.63) is 42.0 Å². The van der Waals surface area contributed by atoms with Crippen LogP contribution in [0, 0.1) is 0 Å². The van der Waals surface area contributed by atoms with Crippen molar-refractivity contribution in [1.29, 1.82) is 0 Å². The normalized spacial score (nSPS) is 19.4. The van der Waals surface area contributed by atoms with Crippen LogP contribution in [0.1, 0.15) is 22.6 Å². The molecule has 0 fully saturated rings. The fraction of sp³-hybridized carbons (Fsp3) is 0.375. The van der Waals surface area contributed by atoms with E-state index in [1.807, 2.05) is 6.20 Å². The summed E-state index contributed by atoms with van der Waals surface area (Å²) in [6, 6.07) is 5.43. The molecule has 0 bridgehead atoms. The molecule has 1 amide bonds. The monoisotopic (exact) mass is 299 g/mol. The number of fused-ring (bicyclic) bond motifs is 2. The maximum Gasteiger partial charge on any atom is 0.251 e. The van der Waals surface area contributed by atoms with Crippen molar-refractivity contribution in [3.63, 3.8) is 0 Å². The predicted molar refractivity (Wildman–Crippen MR) is 79.2 cm³/mol. The summed E-state index contributed by atoms with van der Waals surface area (Å²) in [6.07, 6.45) is 5.56. The van der Waals surface area contributed by atoms with Crippen molar-refractivity contribution < 1.29 is 14.3 Å². The maximum absolute atomic E-state index is 12.4. The topological polar surface area (TPSA) is 65.4 Å². The molecule has 4 rings (SSSR count). The lowest BCUT2D eigenvalue weighted by atomic mass is 10.1. The SMILES string of the molecule is O=C(N[C@H]1CCc2nccn2C1)c1ccc2c(c1)OCCO2. The quantitative estimate of drug-likeness (QED) is 0.910. The molecule has 1 aromatic heterocycles. The van der Waals surface area contributed by atoms with Crippen molar-refractivity contribution in [2.75, 3.05) is 13.2 Å². The van der Waals surface area contributed by atoms with E-state index < -0.39 is 0 Å². The highest BCUT2D eigenvalue weighted by Crippen LogP contribution is 2.30. The number of rotatable bonds is 2. The first-order valence-electron chi connectivity index (χ1n) is 7.50. The van der Waals surface area contributed by atoms with Gasteiger partial charge in [-0.25, -0.2) is 4.98 Å². The highest BCUT2D eigenvalue weighted by molar-refractivity contribution is 5.95.